The van der Waals surface area contributed by atoms with E-state index < -0.39 is 5.97 Å². The maximum absolute atomic E-state index is 10.5. The number of carbonyl (C=O) groups is 1. The first-order valence-electron chi connectivity index (χ1n) is 4.26. The van der Waals surface area contributed by atoms with E-state index in [-0.39, 0.29) is 5.92 Å². The van der Waals surface area contributed by atoms with Gasteiger partial charge in [-0.05, 0) is 19.4 Å². The van der Waals surface area contributed by atoms with E-state index in [4.69, 9.17) is 10.8 Å². The molecule has 0 aromatic rings. The van der Waals surface area contributed by atoms with Crippen LogP contribution in [0.4, 0.5) is 0 Å². The van der Waals surface area contributed by atoms with Gasteiger partial charge in [-0.2, -0.15) is 12.6 Å². The SMILES string of the molecule is NCCCCC[C@@H](CS)C(=O)O. The fraction of sp³-hybridized carbons (Fsp3) is 0.875. The van der Waals surface area contributed by atoms with Crippen molar-refractivity contribution >= 4 is 18.6 Å². The van der Waals surface area contributed by atoms with Crippen LogP contribution in [0.5, 0.6) is 0 Å². The summed E-state index contributed by atoms with van der Waals surface area (Å²) in [4.78, 5) is 10.5. The average molecular weight is 191 g/mol. The smallest absolute Gasteiger partial charge is 0.307 e. The molecule has 4 heteroatoms. The zero-order valence-corrected chi connectivity index (χ0v) is 8.09. The third-order valence-corrected chi connectivity index (χ3v) is 2.27. The lowest BCUT2D eigenvalue weighted by molar-refractivity contribution is -0.141. The van der Waals surface area contributed by atoms with Crippen molar-refractivity contribution in [1.82, 2.24) is 0 Å². The zero-order chi connectivity index (χ0) is 9.40. The molecule has 0 aliphatic carbocycles. The van der Waals surface area contributed by atoms with Crippen LogP contribution in [0.3, 0.4) is 0 Å². The van der Waals surface area contributed by atoms with E-state index >= 15 is 0 Å². The number of unbranched alkanes of at least 4 members (excludes halogenated alkanes) is 2. The Morgan fingerprint density at radius 1 is 1.42 bits per heavy atom. The summed E-state index contributed by atoms with van der Waals surface area (Å²) < 4.78 is 0. The zero-order valence-electron chi connectivity index (χ0n) is 7.20. The first kappa shape index (κ1) is 11.8. The second-order valence-corrected chi connectivity index (χ2v) is 3.22. The van der Waals surface area contributed by atoms with Crippen molar-refractivity contribution in [1.29, 1.82) is 0 Å². The lowest BCUT2D eigenvalue weighted by Crippen LogP contribution is -2.15. The Balaban J connectivity index is 3.38. The standard InChI is InChI=1S/C8H17NO2S/c9-5-3-1-2-4-7(6-12)8(10)11/h7,12H,1-6,9H2,(H,10,11)/t7-/m0/s1. The summed E-state index contributed by atoms with van der Waals surface area (Å²) >= 11 is 3.97. The summed E-state index contributed by atoms with van der Waals surface area (Å²) in [5.41, 5.74) is 5.31. The second-order valence-electron chi connectivity index (χ2n) is 2.86. The molecule has 12 heavy (non-hydrogen) atoms. The number of carboxylic acids is 1. The monoisotopic (exact) mass is 191 g/mol. The Morgan fingerprint density at radius 3 is 2.50 bits per heavy atom. The van der Waals surface area contributed by atoms with E-state index in [9.17, 15) is 4.79 Å². The summed E-state index contributed by atoms with van der Waals surface area (Å²) in [5.74, 6) is -0.596. The van der Waals surface area contributed by atoms with E-state index in [0.717, 1.165) is 25.7 Å². The highest BCUT2D eigenvalue weighted by molar-refractivity contribution is 7.80. The highest BCUT2D eigenvalue weighted by Gasteiger charge is 2.13. The van der Waals surface area contributed by atoms with Gasteiger partial charge < -0.3 is 10.8 Å². The molecule has 0 bridgehead atoms. The van der Waals surface area contributed by atoms with E-state index in [1.807, 2.05) is 0 Å². The number of rotatable bonds is 7. The Hall–Kier alpha value is -0.220. The molecule has 0 saturated heterocycles. The van der Waals surface area contributed by atoms with Crippen molar-refractivity contribution in [2.75, 3.05) is 12.3 Å². The quantitative estimate of drug-likeness (QED) is 0.417. The van der Waals surface area contributed by atoms with Crippen molar-refractivity contribution in [3.8, 4) is 0 Å². The topological polar surface area (TPSA) is 63.3 Å². The van der Waals surface area contributed by atoms with Gasteiger partial charge in [-0.15, -0.1) is 0 Å². The van der Waals surface area contributed by atoms with E-state index in [2.05, 4.69) is 12.6 Å². The Bertz CT molecular complexity index is 130. The van der Waals surface area contributed by atoms with Crippen LogP contribution in [0.15, 0.2) is 0 Å². The second kappa shape index (κ2) is 7.43. The number of carboxylic acid groups (broad SMARTS) is 1. The first-order chi connectivity index (χ1) is 5.72. The van der Waals surface area contributed by atoms with Crippen molar-refractivity contribution in [2.24, 2.45) is 11.7 Å². The van der Waals surface area contributed by atoms with Crippen molar-refractivity contribution in [3.05, 3.63) is 0 Å². The summed E-state index contributed by atoms with van der Waals surface area (Å²) in [6.07, 6.45) is 3.67. The van der Waals surface area contributed by atoms with E-state index in [1.54, 1.807) is 0 Å². The van der Waals surface area contributed by atoms with Gasteiger partial charge >= 0.3 is 5.97 Å². The number of hydrogen-bond donors (Lipinski definition) is 3. The lowest BCUT2D eigenvalue weighted by Gasteiger charge is -2.07. The van der Waals surface area contributed by atoms with Gasteiger partial charge in [-0.1, -0.05) is 12.8 Å². The molecule has 3 nitrogen and oxygen atoms in total. The van der Waals surface area contributed by atoms with Crippen LogP contribution in [-0.4, -0.2) is 23.4 Å². The fourth-order valence-electron chi connectivity index (χ4n) is 1.00. The molecule has 0 amide bonds. The van der Waals surface area contributed by atoms with Gasteiger partial charge in [0.1, 0.15) is 0 Å². The van der Waals surface area contributed by atoms with Gasteiger partial charge in [0.2, 0.25) is 0 Å². The number of nitrogens with two attached hydrogens (primary N) is 1. The normalized spacial score (nSPS) is 12.8. The van der Waals surface area contributed by atoms with E-state index in [0.29, 0.717) is 12.3 Å². The van der Waals surface area contributed by atoms with Crippen LogP contribution in [-0.2, 0) is 4.79 Å². The number of thiol groups is 1. The molecule has 0 fully saturated rings. The minimum atomic E-state index is -0.738. The minimum absolute atomic E-state index is 0.286. The van der Waals surface area contributed by atoms with Crippen LogP contribution in [0.25, 0.3) is 0 Å². The predicted molar refractivity (Wildman–Crippen MR) is 52.5 cm³/mol. The molecular weight excluding hydrogens is 174 g/mol. The van der Waals surface area contributed by atoms with Gasteiger partial charge in [0.05, 0.1) is 5.92 Å². The number of aliphatic carboxylic acids is 1. The fourth-order valence-corrected chi connectivity index (χ4v) is 1.34. The Labute approximate surface area is 78.7 Å². The molecule has 1 atom stereocenters. The maximum atomic E-state index is 10.5. The molecule has 0 aliphatic rings. The Kier molecular flexibility index (Phi) is 7.29. The van der Waals surface area contributed by atoms with Gasteiger partial charge in [0, 0.05) is 5.75 Å². The van der Waals surface area contributed by atoms with Gasteiger partial charge in [-0.25, -0.2) is 0 Å². The third kappa shape index (κ3) is 5.43. The first-order valence-corrected chi connectivity index (χ1v) is 4.89. The van der Waals surface area contributed by atoms with Gasteiger partial charge in [0.25, 0.3) is 0 Å². The summed E-state index contributed by atoms with van der Waals surface area (Å²) in [7, 11) is 0. The Morgan fingerprint density at radius 2 is 2.08 bits per heavy atom. The van der Waals surface area contributed by atoms with Crippen LogP contribution in [0.2, 0.25) is 0 Å². The van der Waals surface area contributed by atoms with Crippen molar-refractivity contribution in [2.45, 2.75) is 25.7 Å². The predicted octanol–water partition coefficient (Wildman–Crippen LogP) is 1.14. The molecule has 0 heterocycles. The summed E-state index contributed by atoms with van der Waals surface area (Å²) in [5, 5.41) is 8.66. The van der Waals surface area contributed by atoms with Crippen LogP contribution < -0.4 is 5.73 Å². The molecule has 3 N–H and O–H groups in total. The summed E-state index contributed by atoms with van der Waals surface area (Å²) in [6.45, 7) is 0.693. The minimum Gasteiger partial charge on any atom is -0.481 e. The highest BCUT2D eigenvalue weighted by Crippen LogP contribution is 2.11. The molecule has 0 radical (unpaired) electrons. The van der Waals surface area contributed by atoms with Gasteiger partial charge in [-0.3, -0.25) is 4.79 Å². The number of hydrogen-bond acceptors (Lipinski definition) is 3. The maximum Gasteiger partial charge on any atom is 0.307 e. The molecule has 0 rings (SSSR count). The molecule has 0 aliphatic heterocycles. The molecule has 0 saturated carbocycles. The summed E-state index contributed by atoms with van der Waals surface area (Å²) in [6, 6.07) is 0. The molecule has 0 unspecified atom stereocenters. The largest absolute Gasteiger partial charge is 0.481 e. The molecule has 72 valence electrons. The van der Waals surface area contributed by atoms with Crippen LogP contribution in [0.1, 0.15) is 25.7 Å². The molecule has 0 aromatic heterocycles. The lowest BCUT2D eigenvalue weighted by atomic mass is 10.0. The van der Waals surface area contributed by atoms with Gasteiger partial charge in [0.15, 0.2) is 0 Å². The average Bonchev–Trinajstić information content (AvgIpc) is 2.04. The third-order valence-electron chi connectivity index (χ3n) is 1.83. The van der Waals surface area contributed by atoms with Crippen molar-refractivity contribution in [3.63, 3.8) is 0 Å². The molecule has 0 aromatic carbocycles. The van der Waals surface area contributed by atoms with Crippen LogP contribution in [0, 0.1) is 5.92 Å². The molecule has 0 spiro atoms. The molecular formula is C8H17NO2S. The van der Waals surface area contributed by atoms with Crippen molar-refractivity contribution < 1.29 is 9.90 Å². The van der Waals surface area contributed by atoms with Crippen LogP contribution >= 0.6 is 12.6 Å². The highest BCUT2D eigenvalue weighted by atomic mass is 32.1. The van der Waals surface area contributed by atoms with E-state index in [1.165, 1.54) is 0 Å².